The van der Waals surface area contributed by atoms with Crippen LogP contribution in [0.3, 0.4) is 0 Å². The second-order valence-electron chi connectivity index (χ2n) is 14.7. The second-order valence-corrected chi connectivity index (χ2v) is 14.7. The average molecular weight is 665 g/mol. The molecule has 11 heteroatoms. The van der Waals surface area contributed by atoms with E-state index in [9.17, 15) is 30.0 Å². The number of likely N-dealkylation sites (tertiary alicyclic amines) is 1. The lowest BCUT2D eigenvalue weighted by Gasteiger charge is -2.37. The molecule has 0 aliphatic carbocycles. The van der Waals surface area contributed by atoms with Gasteiger partial charge in [-0.05, 0) is 78.6 Å². The first kappa shape index (κ1) is 39.2. The van der Waals surface area contributed by atoms with Crippen LogP contribution in [0.15, 0.2) is 36.0 Å². The molecule has 3 heterocycles. The number of hydrogen-bond donors (Lipinski definition) is 4. The van der Waals surface area contributed by atoms with Gasteiger partial charge >= 0.3 is 12.1 Å². The summed E-state index contributed by atoms with van der Waals surface area (Å²) in [5.41, 5.74) is -1.93. The lowest BCUT2D eigenvalue weighted by atomic mass is 9.88. The number of amides is 1. The highest BCUT2D eigenvalue weighted by molar-refractivity contribution is 5.70. The molecule has 0 aromatic heterocycles. The minimum Gasteiger partial charge on any atom is -0.457 e. The van der Waals surface area contributed by atoms with Crippen LogP contribution in [-0.4, -0.2) is 123 Å². The van der Waals surface area contributed by atoms with Crippen LogP contribution in [-0.2, 0) is 19.0 Å². The Morgan fingerprint density at radius 1 is 1.26 bits per heavy atom. The highest BCUT2D eigenvalue weighted by atomic mass is 16.6. The van der Waals surface area contributed by atoms with E-state index in [2.05, 4.69) is 4.90 Å². The summed E-state index contributed by atoms with van der Waals surface area (Å²) in [6.45, 7) is 12.0. The van der Waals surface area contributed by atoms with Crippen LogP contribution in [0.5, 0.6) is 0 Å². The summed E-state index contributed by atoms with van der Waals surface area (Å²) in [7, 11) is 4.06. The van der Waals surface area contributed by atoms with Crippen LogP contribution in [0, 0.1) is 11.8 Å². The average Bonchev–Trinajstić information content (AvgIpc) is 3.77. The lowest BCUT2D eigenvalue weighted by molar-refractivity contribution is -0.151. The van der Waals surface area contributed by atoms with Crippen LogP contribution in [0.1, 0.15) is 86.5 Å². The van der Waals surface area contributed by atoms with E-state index < -0.39 is 47.7 Å². The predicted octanol–water partition coefficient (Wildman–Crippen LogP) is 3.74. The quantitative estimate of drug-likeness (QED) is 0.118. The SMILES string of the molecule is CCC(O)C(C)C1OC1CC(C)(O)/C=C/C=C(\C)C1OC(=O)CC(O)CCC(C)(O)C(OC(=O)N2CCC(N(C)C)CC2)/C=C\C1C. The molecular formula is C36H60N2O9. The van der Waals surface area contributed by atoms with E-state index in [1.165, 1.54) is 0 Å². The van der Waals surface area contributed by atoms with Gasteiger partial charge in [-0.25, -0.2) is 4.79 Å². The maximum absolute atomic E-state index is 13.2. The summed E-state index contributed by atoms with van der Waals surface area (Å²) in [5.74, 6) is -0.945. The number of carbonyl (C=O) groups is 2. The van der Waals surface area contributed by atoms with Crippen LogP contribution < -0.4 is 0 Å². The molecule has 3 rings (SSSR count). The van der Waals surface area contributed by atoms with Crippen LogP contribution in [0.2, 0.25) is 0 Å². The molecule has 4 N–H and O–H groups in total. The van der Waals surface area contributed by atoms with Gasteiger partial charge < -0.3 is 44.4 Å². The zero-order chi connectivity index (χ0) is 35.1. The van der Waals surface area contributed by atoms with Gasteiger partial charge in [-0.2, -0.15) is 0 Å². The minimum absolute atomic E-state index is 0.0109. The topological polar surface area (TPSA) is 153 Å². The van der Waals surface area contributed by atoms with Crippen molar-refractivity contribution in [2.45, 2.75) is 140 Å². The Hall–Kier alpha value is -2.28. The molecule has 2 saturated heterocycles. The lowest BCUT2D eigenvalue weighted by Crippen LogP contribution is -2.48. The molecule has 11 nitrogen and oxygen atoms in total. The summed E-state index contributed by atoms with van der Waals surface area (Å²) < 4.78 is 17.5. The van der Waals surface area contributed by atoms with Gasteiger partial charge in [0.05, 0.1) is 36.4 Å². The number of aliphatic hydroxyl groups is 4. The normalized spacial score (nSPS) is 35.0. The van der Waals surface area contributed by atoms with Crippen molar-refractivity contribution >= 4 is 12.1 Å². The van der Waals surface area contributed by atoms with Crippen molar-refractivity contribution in [2.24, 2.45) is 11.8 Å². The molecule has 3 aliphatic rings. The van der Waals surface area contributed by atoms with Gasteiger partial charge in [0, 0.05) is 37.4 Å². The van der Waals surface area contributed by atoms with E-state index in [1.54, 1.807) is 49.1 Å². The smallest absolute Gasteiger partial charge is 0.410 e. The minimum atomic E-state index is -1.48. The number of ether oxygens (including phenoxy) is 3. The molecule has 0 bridgehead atoms. The Kier molecular flexibility index (Phi) is 14.1. The Balaban J connectivity index is 1.74. The van der Waals surface area contributed by atoms with Crippen molar-refractivity contribution in [2.75, 3.05) is 27.2 Å². The van der Waals surface area contributed by atoms with E-state index in [4.69, 9.17) is 14.2 Å². The highest BCUT2D eigenvalue weighted by Gasteiger charge is 2.47. The van der Waals surface area contributed by atoms with E-state index in [0.29, 0.717) is 37.5 Å². The van der Waals surface area contributed by atoms with Crippen molar-refractivity contribution in [1.29, 1.82) is 0 Å². The highest BCUT2D eigenvalue weighted by Crippen LogP contribution is 2.37. The summed E-state index contributed by atoms with van der Waals surface area (Å²) in [6, 6.07) is 0.400. The van der Waals surface area contributed by atoms with Crippen molar-refractivity contribution in [3.63, 3.8) is 0 Å². The largest absolute Gasteiger partial charge is 0.457 e. The van der Waals surface area contributed by atoms with Gasteiger partial charge in [0.25, 0.3) is 0 Å². The molecule has 268 valence electrons. The van der Waals surface area contributed by atoms with Crippen LogP contribution in [0.4, 0.5) is 4.79 Å². The van der Waals surface area contributed by atoms with E-state index in [-0.39, 0.29) is 43.3 Å². The number of aliphatic hydroxyl groups excluding tert-OH is 2. The number of nitrogens with zero attached hydrogens (tertiary/aromatic N) is 2. The first-order chi connectivity index (χ1) is 21.9. The van der Waals surface area contributed by atoms with Crippen molar-refractivity contribution in [3.05, 3.63) is 36.0 Å². The number of cyclic esters (lactones) is 1. The van der Waals surface area contributed by atoms with Gasteiger partial charge in [-0.15, -0.1) is 0 Å². The van der Waals surface area contributed by atoms with Crippen LogP contribution >= 0.6 is 0 Å². The molecule has 0 spiro atoms. The van der Waals surface area contributed by atoms with Gasteiger partial charge in [-0.3, -0.25) is 4.79 Å². The molecule has 47 heavy (non-hydrogen) atoms. The molecule has 2 fully saturated rings. The van der Waals surface area contributed by atoms with Crippen molar-refractivity contribution < 1.29 is 44.2 Å². The Morgan fingerprint density at radius 2 is 1.91 bits per heavy atom. The van der Waals surface area contributed by atoms with Crippen molar-refractivity contribution in [1.82, 2.24) is 9.80 Å². The number of allylic oxidation sites excluding steroid dienone is 2. The maximum Gasteiger partial charge on any atom is 0.410 e. The standard InChI is InChI=1S/C36H60N2O9/c1-9-28(40)25(4)33-29(45-33)22-35(5,43)17-10-11-23(2)32-24(3)12-13-30(36(6,44)18-14-27(39)21-31(41)47-32)46-34(42)38-19-15-26(16-20-38)37(7)8/h10-13,17,24-30,32-33,39-40,43-44H,9,14-16,18-22H2,1-8H3/b13-12-,17-10+,23-11+. The molecule has 10 unspecified atom stereocenters. The van der Waals surface area contributed by atoms with E-state index in [1.807, 2.05) is 41.8 Å². The fourth-order valence-electron chi connectivity index (χ4n) is 6.55. The second kappa shape index (κ2) is 16.9. The Bertz CT molecular complexity index is 1130. The third-order valence-electron chi connectivity index (χ3n) is 10.0. The van der Waals surface area contributed by atoms with Crippen LogP contribution in [0.25, 0.3) is 0 Å². The summed E-state index contributed by atoms with van der Waals surface area (Å²) >= 11 is 0. The number of hydrogen-bond acceptors (Lipinski definition) is 10. The number of rotatable bonds is 10. The molecule has 1 amide bonds. The summed E-state index contributed by atoms with van der Waals surface area (Å²) in [5, 5.41) is 43.2. The fraction of sp³-hybridized carbons (Fsp3) is 0.778. The zero-order valence-electron chi connectivity index (χ0n) is 29.7. The third-order valence-corrected chi connectivity index (χ3v) is 10.0. The molecule has 3 aliphatic heterocycles. The molecule has 0 radical (unpaired) electrons. The van der Waals surface area contributed by atoms with Gasteiger partial charge in [0.1, 0.15) is 11.7 Å². The Labute approximate surface area is 281 Å². The molecular weight excluding hydrogens is 604 g/mol. The zero-order valence-corrected chi connectivity index (χ0v) is 29.7. The van der Waals surface area contributed by atoms with Crippen molar-refractivity contribution in [3.8, 4) is 0 Å². The molecule has 10 atom stereocenters. The number of carbonyl (C=O) groups excluding carboxylic acids is 2. The van der Waals surface area contributed by atoms with Gasteiger partial charge in [-0.1, -0.05) is 45.1 Å². The fourth-order valence-corrected chi connectivity index (χ4v) is 6.55. The predicted molar refractivity (Wildman–Crippen MR) is 179 cm³/mol. The Morgan fingerprint density at radius 3 is 2.53 bits per heavy atom. The number of esters is 1. The number of epoxide rings is 1. The molecule has 0 saturated carbocycles. The first-order valence-corrected chi connectivity index (χ1v) is 17.3. The molecule has 0 aromatic rings. The van der Waals surface area contributed by atoms with Gasteiger partial charge in [0.15, 0.2) is 6.10 Å². The maximum atomic E-state index is 13.2. The summed E-state index contributed by atoms with van der Waals surface area (Å²) in [6.07, 6.45) is 7.41. The summed E-state index contributed by atoms with van der Waals surface area (Å²) in [4.78, 5) is 29.9. The molecule has 0 aromatic carbocycles. The monoisotopic (exact) mass is 664 g/mol. The van der Waals surface area contributed by atoms with E-state index in [0.717, 1.165) is 12.8 Å². The third kappa shape index (κ3) is 11.7. The number of piperidine rings is 1. The first-order valence-electron chi connectivity index (χ1n) is 17.3. The van der Waals surface area contributed by atoms with E-state index >= 15 is 0 Å². The van der Waals surface area contributed by atoms with Gasteiger partial charge in [0.2, 0.25) is 0 Å².